The van der Waals surface area contributed by atoms with E-state index in [0.29, 0.717) is 24.5 Å². The first-order valence-corrected chi connectivity index (χ1v) is 8.57. The van der Waals surface area contributed by atoms with Gasteiger partial charge in [-0.05, 0) is 44.9 Å². The van der Waals surface area contributed by atoms with E-state index in [2.05, 4.69) is 0 Å². The molecule has 0 saturated carbocycles. The molecule has 118 valence electrons. The van der Waals surface area contributed by atoms with Gasteiger partial charge in [-0.15, -0.1) is 0 Å². The smallest absolute Gasteiger partial charge is 0.243 e. The Kier molecular flexibility index (Phi) is 4.44. The van der Waals surface area contributed by atoms with E-state index in [1.807, 2.05) is 26.8 Å². The van der Waals surface area contributed by atoms with E-state index in [0.717, 1.165) is 11.1 Å². The third-order valence-corrected chi connectivity index (χ3v) is 5.60. The van der Waals surface area contributed by atoms with Gasteiger partial charge in [0.1, 0.15) is 0 Å². The number of morpholine rings is 1. The molecule has 0 radical (unpaired) electrons. The average molecular weight is 312 g/mol. The van der Waals surface area contributed by atoms with Gasteiger partial charge in [-0.2, -0.15) is 4.31 Å². The summed E-state index contributed by atoms with van der Waals surface area (Å²) < 4.78 is 33.1. The third kappa shape index (κ3) is 3.45. The van der Waals surface area contributed by atoms with Crippen LogP contribution in [0.1, 0.15) is 31.9 Å². The molecule has 1 aromatic carbocycles. The first kappa shape index (κ1) is 16.4. The minimum absolute atomic E-state index is 0.118. The molecule has 1 heterocycles. The number of hydrogen-bond donors (Lipinski definition) is 1. The van der Waals surface area contributed by atoms with Crippen molar-refractivity contribution >= 4 is 10.0 Å². The monoisotopic (exact) mass is 312 g/mol. The summed E-state index contributed by atoms with van der Waals surface area (Å²) in [6, 6.07) is 5.26. The van der Waals surface area contributed by atoms with Gasteiger partial charge in [0.15, 0.2) is 0 Å². The molecule has 6 heteroatoms. The van der Waals surface area contributed by atoms with Crippen molar-refractivity contribution in [1.29, 1.82) is 0 Å². The summed E-state index contributed by atoms with van der Waals surface area (Å²) in [5.74, 6) is 0. The Morgan fingerprint density at radius 2 is 2.10 bits per heavy atom. The molecule has 2 N–H and O–H groups in total. The van der Waals surface area contributed by atoms with E-state index < -0.39 is 15.6 Å². The van der Waals surface area contributed by atoms with E-state index in [9.17, 15) is 8.42 Å². The molecule has 0 bridgehead atoms. The van der Waals surface area contributed by atoms with Gasteiger partial charge in [-0.3, -0.25) is 0 Å². The summed E-state index contributed by atoms with van der Waals surface area (Å²) in [5.41, 5.74) is 6.79. The molecule has 0 spiro atoms. The lowest BCUT2D eigenvalue weighted by Crippen LogP contribution is -2.53. The number of sulfonamides is 1. The maximum Gasteiger partial charge on any atom is 0.243 e. The molecule has 2 rings (SSSR count). The van der Waals surface area contributed by atoms with Crippen LogP contribution in [0.15, 0.2) is 23.1 Å². The number of rotatable bonds is 3. The molecule has 21 heavy (non-hydrogen) atoms. The number of nitrogens with zero attached hydrogens (tertiary/aromatic N) is 1. The van der Waals surface area contributed by atoms with E-state index in [4.69, 9.17) is 10.5 Å². The Morgan fingerprint density at radius 1 is 1.43 bits per heavy atom. The minimum Gasteiger partial charge on any atom is -0.370 e. The molecular weight excluding hydrogens is 288 g/mol. The Balaban J connectivity index is 2.38. The molecule has 0 amide bonds. The second kappa shape index (κ2) is 5.68. The molecule has 1 aliphatic rings. The van der Waals surface area contributed by atoms with Crippen LogP contribution in [-0.2, 0) is 21.3 Å². The zero-order valence-corrected chi connectivity index (χ0v) is 13.9. The number of nitrogens with two attached hydrogens (primary N) is 1. The van der Waals surface area contributed by atoms with Gasteiger partial charge >= 0.3 is 0 Å². The summed E-state index contributed by atoms with van der Waals surface area (Å²) in [5, 5.41) is 0. The van der Waals surface area contributed by atoms with Crippen molar-refractivity contribution in [3.63, 3.8) is 0 Å². The van der Waals surface area contributed by atoms with Gasteiger partial charge < -0.3 is 10.5 Å². The van der Waals surface area contributed by atoms with Crippen molar-refractivity contribution < 1.29 is 13.2 Å². The van der Waals surface area contributed by atoms with Crippen LogP contribution in [0.25, 0.3) is 0 Å². The van der Waals surface area contributed by atoms with E-state index in [1.54, 1.807) is 19.1 Å². The summed E-state index contributed by atoms with van der Waals surface area (Å²) in [7, 11) is -3.51. The Bertz CT molecular complexity index is 626. The van der Waals surface area contributed by atoms with Gasteiger partial charge in [0.2, 0.25) is 10.0 Å². The minimum atomic E-state index is -3.51. The van der Waals surface area contributed by atoms with Crippen LogP contribution < -0.4 is 5.73 Å². The first-order chi connectivity index (χ1) is 9.65. The van der Waals surface area contributed by atoms with Gasteiger partial charge in [-0.1, -0.05) is 12.1 Å². The van der Waals surface area contributed by atoms with Gasteiger partial charge in [0, 0.05) is 19.6 Å². The third-order valence-electron chi connectivity index (χ3n) is 3.63. The van der Waals surface area contributed by atoms with Crippen molar-refractivity contribution in [1.82, 2.24) is 4.31 Å². The van der Waals surface area contributed by atoms with E-state index >= 15 is 0 Å². The van der Waals surface area contributed by atoms with Crippen LogP contribution in [0.4, 0.5) is 0 Å². The van der Waals surface area contributed by atoms with Crippen LogP contribution in [0.5, 0.6) is 0 Å². The molecule has 1 saturated heterocycles. The fourth-order valence-corrected chi connectivity index (χ4v) is 4.72. The number of benzene rings is 1. The lowest BCUT2D eigenvalue weighted by atomic mass is 10.1. The highest BCUT2D eigenvalue weighted by atomic mass is 32.2. The average Bonchev–Trinajstić information content (AvgIpc) is 2.35. The SMILES string of the molecule is Cc1cc(CN)ccc1S(=O)(=O)N1CC(C)OC(C)(C)C1. The number of hydrogen-bond acceptors (Lipinski definition) is 4. The molecule has 1 unspecified atom stereocenters. The lowest BCUT2D eigenvalue weighted by molar-refractivity contribution is -0.109. The molecule has 1 atom stereocenters. The maximum atomic E-state index is 12.9. The fraction of sp³-hybridized carbons (Fsp3) is 0.600. The summed E-state index contributed by atoms with van der Waals surface area (Å²) in [6.07, 6.45) is -0.118. The standard InChI is InChI=1S/C15H24N2O3S/c1-11-7-13(8-16)5-6-14(11)21(18,19)17-9-12(2)20-15(3,4)10-17/h5-7,12H,8-10,16H2,1-4H3. The normalized spacial score (nSPS) is 23.2. The van der Waals surface area contributed by atoms with Crippen LogP contribution >= 0.6 is 0 Å². The van der Waals surface area contributed by atoms with Crippen LogP contribution in [-0.4, -0.2) is 37.5 Å². The highest BCUT2D eigenvalue weighted by Gasteiger charge is 2.38. The molecular formula is C15H24N2O3S. The van der Waals surface area contributed by atoms with Crippen molar-refractivity contribution in [3.8, 4) is 0 Å². The molecule has 0 aromatic heterocycles. The predicted octanol–water partition coefficient (Wildman–Crippen LogP) is 1.64. The molecule has 1 aromatic rings. The molecule has 5 nitrogen and oxygen atoms in total. The zero-order chi connectivity index (χ0) is 15.8. The molecule has 1 aliphatic heterocycles. The van der Waals surface area contributed by atoms with Crippen LogP contribution in [0.2, 0.25) is 0 Å². The van der Waals surface area contributed by atoms with Gasteiger partial charge in [-0.25, -0.2) is 8.42 Å². The quantitative estimate of drug-likeness (QED) is 0.921. The van der Waals surface area contributed by atoms with Gasteiger partial charge in [0.05, 0.1) is 16.6 Å². The first-order valence-electron chi connectivity index (χ1n) is 7.13. The second-order valence-corrected chi connectivity index (χ2v) is 8.20. The van der Waals surface area contributed by atoms with E-state index in [-0.39, 0.29) is 6.10 Å². The van der Waals surface area contributed by atoms with Gasteiger partial charge in [0.25, 0.3) is 0 Å². The Labute approximate surface area is 127 Å². The van der Waals surface area contributed by atoms with Crippen molar-refractivity contribution in [2.45, 2.75) is 50.8 Å². The Hall–Kier alpha value is -0.950. The zero-order valence-electron chi connectivity index (χ0n) is 13.1. The summed E-state index contributed by atoms with van der Waals surface area (Å²) in [6.45, 7) is 8.67. The van der Waals surface area contributed by atoms with Crippen LogP contribution in [0, 0.1) is 6.92 Å². The molecule has 0 aliphatic carbocycles. The largest absolute Gasteiger partial charge is 0.370 e. The maximum absolute atomic E-state index is 12.9. The lowest BCUT2D eigenvalue weighted by Gasteiger charge is -2.41. The predicted molar refractivity (Wildman–Crippen MR) is 82.5 cm³/mol. The number of aryl methyl sites for hydroxylation is 1. The highest BCUT2D eigenvalue weighted by molar-refractivity contribution is 7.89. The van der Waals surface area contributed by atoms with Crippen LogP contribution in [0.3, 0.4) is 0 Å². The summed E-state index contributed by atoms with van der Waals surface area (Å²) in [4.78, 5) is 0.351. The Morgan fingerprint density at radius 3 is 2.62 bits per heavy atom. The topological polar surface area (TPSA) is 72.6 Å². The molecule has 1 fully saturated rings. The van der Waals surface area contributed by atoms with Crippen molar-refractivity contribution in [2.24, 2.45) is 5.73 Å². The van der Waals surface area contributed by atoms with E-state index in [1.165, 1.54) is 4.31 Å². The number of ether oxygens (including phenoxy) is 1. The fourth-order valence-electron chi connectivity index (χ4n) is 2.85. The second-order valence-electron chi connectivity index (χ2n) is 6.29. The van der Waals surface area contributed by atoms with Crippen molar-refractivity contribution in [2.75, 3.05) is 13.1 Å². The van der Waals surface area contributed by atoms with Crippen molar-refractivity contribution in [3.05, 3.63) is 29.3 Å². The highest BCUT2D eigenvalue weighted by Crippen LogP contribution is 2.28. The summed E-state index contributed by atoms with van der Waals surface area (Å²) >= 11 is 0.